The van der Waals surface area contributed by atoms with Gasteiger partial charge in [-0.1, -0.05) is 15.9 Å². The Balaban J connectivity index is 2.31. The van der Waals surface area contributed by atoms with Crippen LogP contribution in [0, 0.1) is 11.6 Å². The van der Waals surface area contributed by atoms with Gasteiger partial charge in [0.1, 0.15) is 17.2 Å². The van der Waals surface area contributed by atoms with E-state index in [4.69, 9.17) is 0 Å². The van der Waals surface area contributed by atoms with Gasteiger partial charge in [-0.2, -0.15) is 5.10 Å². The molecule has 1 aromatic carbocycles. The first-order valence-corrected chi connectivity index (χ1v) is 5.32. The lowest BCUT2D eigenvalue weighted by Gasteiger charge is -2.05. The summed E-state index contributed by atoms with van der Waals surface area (Å²) >= 11 is 2.93. The van der Waals surface area contributed by atoms with Crippen molar-refractivity contribution < 1.29 is 13.6 Å². The molecule has 17 heavy (non-hydrogen) atoms. The molecule has 7 heteroatoms. The van der Waals surface area contributed by atoms with Crippen molar-refractivity contribution in [3.63, 3.8) is 0 Å². The van der Waals surface area contributed by atoms with Crippen LogP contribution < -0.4 is 5.32 Å². The van der Waals surface area contributed by atoms with Crippen molar-refractivity contribution in [3.05, 3.63) is 46.2 Å². The van der Waals surface area contributed by atoms with Gasteiger partial charge in [0.25, 0.3) is 5.91 Å². The molecule has 2 N–H and O–H groups in total. The standard InChI is InChI=1S/C10H6BrF2N3O/c11-5-1-7(12)9(8(13)2-5)10(17)16-6-3-14-15-4-6/h1-4H,(H,14,15)(H,16,17). The van der Waals surface area contributed by atoms with Gasteiger partial charge in [-0.3, -0.25) is 9.89 Å². The molecule has 0 spiro atoms. The van der Waals surface area contributed by atoms with Crippen molar-refractivity contribution in [1.29, 1.82) is 0 Å². The number of aromatic amines is 1. The molecular weight excluding hydrogens is 296 g/mol. The van der Waals surface area contributed by atoms with Gasteiger partial charge in [-0.25, -0.2) is 8.78 Å². The molecule has 0 aliphatic rings. The average Bonchev–Trinajstić information content (AvgIpc) is 2.68. The summed E-state index contributed by atoms with van der Waals surface area (Å²) in [7, 11) is 0. The summed E-state index contributed by atoms with van der Waals surface area (Å²) in [6.07, 6.45) is 2.72. The summed E-state index contributed by atoms with van der Waals surface area (Å²) in [5.41, 5.74) is -0.300. The van der Waals surface area contributed by atoms with E-state index in [0.717, 1.165) is 12.1 Å². The lowest BCUT2D eigenvalue weighted by Crippen LogP contribution is -2.15. The lowest BCUT2D eigenvalue weighted by atomic mass is 10.2. The molecule has 2 rings (SSSR count). The molecule has 88 valence electrons. The molecule has 0 aliphatic carbocycles. The molecule has 0 atom stereocenters. The van der Waals surface area contributed by atoms with Crippen molar-refractivity contribution in [2.75, 3.05) is 5.32 Å². The van der Waals surface area contributed by atoms with Crippen molar-refractivity contribution in [2.45, 2.75) is 0 Å². The molecule has 0 aliphatic heterocycles. The maximum atomic E-state index is 13.4. The zero-order valence-electron chi connectivity index (χ0n) is 8.30. The molecule has 0 bridgehead atoms. The number of nitrogens with one attached hydrogen (secondary N) is 2. The Bertz CT molecular complexity index is 534. The Hall–Kier alpha value is -1.76. The summed E-state index contributed by atoms with van der Waals surface area (Å²) < 4.78 is 27.1. The number of hydrogen-bond donors (Lipinski definition) is 2. The smallest absolute Gasteiger partial charge is 0.261 e. The van der Waals surface area contributed by atoms with E-state index >= 15 is 0 Å². The minimum Gasteiger partial charge on any atom is -0.319 e. The topological polar surface area (TPSA) is 57.8 Å². The second kappa shape index (κ2) is 4.62. The minimum absolute atomic E-state index is 0.229. The van der Waals surface area contributed by atoms with E-state index in [1.165, 1.54) is 12.4 Å². The number of rotatable bonds is 2. The van der Waals surface area contributed by atoms with Gasteiger partial charge in [-0.15, -0.1) is 0 Å². The maximum Gasteiger partial charge on any atom is 0.261 e. The van der Waals surface area contributed by atoms with Crippen molar-refractivity contribution in [1.82, 2.24) is 10.2 Å². The van der Waals surface area contributed by atoms with Crippen molar-refractivity contribution in [3.8, 4) is 0 Å². The second-order valence-corrected chi connectivity index (χ2v) is 4.10. The zero-order valence-corrected chi connectivity index (χ0v) is 9.88. The largest absolute Gasteiger partial charge is 0.319 e. The maximum absolute atomic E-state index is 13.4. The monoisotopic (exact) mass is 301 g/mol. The fourth-order valence-corrected chi connectivity index (χ4v) is 1.67. The van der Waals surface area contributed by atoms with E-state index in [-0.39, 0.29) is 4.47 Å². The number of hydrogen-bond acceptors (Lipinski definition) is 2. The predicted molar refractivity (Wildman–Crippen MR) is 60.6 cm³/mol. The van der Waals surface area contributed by atoms with E-state index in [1.807, 2.05) is 0 Å². The van der Waals surface area contributed by atoms with Crippen LogP contribution in [0.2, 0.25) is 0 Å². The molecule has 1 aromatic heterocycles. The summed E-state index contributed by atoms with van der Waals surface area (Å²) in [5.74, 6) is -2.73. The van der Waals surface area contributed by atoms with Crippen LogP contribution in [0.3, 0.4) is 0 Å². The summed E-state index contributed by atoms with van der Waals surface area (Å²) in [6.45, 7) is 0. The third-order valence-corrected chi connectivity index (χ3v) is 2.45. The Morgan fingerprint density at radius 1 is 1.35 bits per heavy atom. The molecule has 0 saturated heterocycles. The number of carbonyl (C=O) groups is 1. The Morgan fingerprint density at radius 2 is 2.00 bits per heavy atom. The normalized spacial score (nSPS) is 10.3. The first-order chi connectivity index (χ1) is 8.08. The van der Waals surface area contributed by atoms with Crippen LogP contribution in [0.25, 0.3) is 0 Å². The van der Waals surface area contributed by atoms with Crippen molar-refractivity contribution >= 4 is 27.5 Å². The summed E-state index contributed by atoms with van der Waals surface area (Å²) in [5, 5.41) is 8.37. The van der Waals surface area contributed by atoms with Crippen LogP contribution in [0.4, 0.5) is 14.5 Å². The lowest BCUT2D eigenvalue weighted by molar-refractivity contribution is 0.101. The highest BCUT2D eigenvalue weighted by Crippen LogP contribution is 2.20. The quantitative estimate of drug-likeness (QED) is 0.896. The van der Waals surface area contributed by atoms with Crippen molar-refractivity contribution in [2.24, 2.45) is 0 Å². The number of aromatic nitrogens is 2. The highest BCUT2D eigenvalue weighted by molar-refractivity contribution is 9.10. The predicted octanol–water partition coefficient (Wildman–Crippen LogP) is 2.70. The van der Waals surface area contributed by atoms with E-state index < -0.39 is 23.1 Å². The second-order valence-electron chi connectivity index (χ2n) is 3.19. The number of benzene rings is 1. The molecule has 0 saturated carbocycles. The molecule has 1 heterocycles. The SMILES string of the molecule is O=C(Nc1cn[nH]c1)c1c(F)cc(Br)cc1F. The molecule has 2 aromatic rings. The number of anilines is 1. The van der Waals surface area contributed by atoms with Crippen LogP contribution in [-0.2, 0) is 0 Å². The van der Waals surface area contributed by atoms with Gasteiger partial charge < -0.3 is 5.32 Å². The fraction of sp³-hybridized carbons (Fsp3) is 0. The van der Waals surface area contributed by atoms with Gasteiger partial charge in [0.05, 0.1) is 11.9 Å². The van der Waals surface area contributed by atoms with Crippen LogP contribution in [0.1, 0.15) is 10.4 Å². The molecule has 0 fully saturated rings. The number of amides is 1. The Kier molecular flexibility index (Phi) is 3.19. The van der Waals surface area contributed by atoms with E-state index in [2.05, 4.69) is 31.4 Å². The van der Waals surface area contributed by atoms with Crippen LogP contribution in [0.5, 0.6) is 0 Å². The third-order valence-electron chi connectivity index (χ3n) is 1.99. The number of carbonyl (C=O) groups excluding carboxylic acids is 1. The molecule has 0 unspecified atom stereocenters. The molecule has 0 radical (unpaired) electrons. The first-order valence-electron chi connectivity index (χ1n) is 4.52. The summed E-state index contributed by atoms with van der Waals surface area (Å²) in [4.78, 5) is 11.6. The van der Waals surface area contributed by atoms with E-state index in [9.17, 15) is 13.6 Å². The number of halogens is 3. The van der Waals surface area contributed by atoms with Gasteiger partial charge in [-0.05, 0) is 12.1 Å². The van der Waals surface area contributed by atoms with Gasteiger partial charge >= 0.3 is 0 Å². The fourth-order valence-electron chi connectivity index (χ4n) is 1.27. The zero-order chi connectivity index (χ0) is 12.4. The van der Waals surface area contributed by atoms with Gasteiger partial charge in [0.2, 0.25) is 0 Å². The minimum atomic E-state index is -0.933. The number of H-pyrrole nitrogens is 1. The number of nitrogens with zero attached hydrogens (tertiary/aromatic N) is 1. The third kappa shape index (κ3) is 2.50. The van der Waals surface area contributed by atoms with Crippen LogP contribution >= 0.6 is 15.9 Å². The Labute approximate surface area is 103 Å². The van der Waals surface area contributed by atoms with Gasteiger partial charge in [0.15, 0.2) is 0 Å². The molecular formula is C10H6BrF2N3O. The highest BCUT2D eigenvalue weighted by atomic mass is 79.9. The highest BCUT2D eigenvalue weighted by Gasteiger charge is 2.18. The summed E-state index contributed by atoms with van der Waals surface area (Å²) in [6, 6.07) is 2.04. The van der Waals surface area contributed by atoms with E-state index in [0.29, 0.717) is 5.69 Å². The molecule has 1 amide bonds. The average molecular weight is 302 g/mol. The Morgan fingerprint density at radius 3 is 2.53 bits per heavy atom. The molecule has 4 nitrogen and oxygen atoms in total. The van der Waals surface area contributed by atoms with Crippen LogP contribution in [-0.4, -0.2) is 16.1 Å². The first kappa shape index (κ1) is 11.7. The van der Waals surface area contributed by atoms with Gasteiger partial charge in [0, 0.05) is 10.7 Å². The van der Waals surface area contributed by atoms with Crippen LogP contribution in [0.15, 0.2) is 29.0 Å². The van der Waals surface area contributed by atoms with E-state index in [1.54, 1.807) is 0 Å².